The van der Waals surface area contributed by atoms with Gasteiger partial charge in [0.25, 0.3) is 0 Å². The zero-order valence-electron chi connectivity index (χ0n) is 11.0. The molecule has 1 aromatic rings. The predicted octanol–water partition coefficient (Wildman–Crippen LogP) is 3.01. The van der Waals surface area contributed by atoms with Crippen molar-refractivity contribution in [3.8, 4) is 0 Å². The number of nitrogen functional groups attached to an aromatic ring is 1. The fourth-order valence-electron chi connectivity index (χ4n) is 1.61. The summed E-state index contributed by atoms with van der Waals surface area (Å²) in [4.78, 5) is 0.00288. The van der Waals surface area contributed by atoms with E-state index in [9.17, 15) is 12.8 Å². The molecule has 0 atom stereocenters. The minimum Gasteiger partial charge on any atom is -0.396 e. The van der Waals surface area contributed by atoms with Crippen LogP contribution < -0.4 is 5.73 Å². The maximum absolute atomic E-state index is 13.2. The van der Waals surface area contributed by atoms with Gasteiger partial charge in [-0.15, -0.1) is 0 Å². The Bertz CT molecular complexity index is 518. The number of hydrogen-bond donors (Lipinski definition) is 1. The van der Waals surface area contributed by atoms with E-state index in [1.807, 2.05) is 0 Å². The first-order valence-electron chi connectivity index (χ1n) is 5.90. The zero-order chi connectivity index (χ0) is 14.0. The molecule has 5 heteroatoms. The lowest BCUT2D eigenvalue weighted by atomic mass is 9.91. The number of rotatable bonds is 4. The highest BCUT2D eigenvalue weighted by Gasteiger charge is 2.18. The van der Waals surface area contributed by atoms with Crippen LogP contribution in [-0.4, -0.2) is 14.2 Å². The topological polar surface area (TPSA) is 60.2 Å². The molecule has 0 spiro atoms. The first kappa shape index (κ1) is 15.0. The summed E-state index contributed by atoms with van der Waals surface area (Å²) in [5.41, 5.74) is 5.38. The molecule has 0 amide bonds. The Morgan fingerprint density at radius 3 is 2.39 bits per heavy atom. The van der Waals surface area contributed by atoms with E-state index in [-0.39, 0.29) is 21.8 Å². The quantitative estimate of drug-likeness (QED) is 0.858. The molecule has 0 radical (unpaired) electrons. The Labute approximate surface area is 108 Å². The number of sulfone groups is 1. The molecule has 102 valence electrons. The Kier molecular flexibility index (Phi) is 4.37. The van der Waals surface area contributed by atoms with Crippen molar-refractivity contribution >= 4 is 15.5 Å². The van der Waals surface area contributed by atoms with Gasteiger partial charge in [0.1, 0.15) is 5.82 Å². The summed E-state index contributed by atoms with van der Waals surface area (Å²) in [6, 6.07) is 3.62. The number of hydrogen-bond acceptors (Lipinski definition) is 3. The molecular formula is C13H20FNO2S. The summed E-state index contributed by atoms with van der Waals surface area (Å²) >= 11 is 0. The summed E-state index contributed by atoms with van der Waals surface area (Å²) in [6.45, 7) is 6.17. The van der Waals surface area contributed by atoms with Crippen LogP contribution in [-0.2, 0) is 9.84 Å². The summed E-state index contributed by atoms with van der Waals surface area (Å²) < 4.78 is 37.2. The second-order valence-corrected chi connectivity index (χ2v) is 7.78. The highest BCUT2D eigenvalue weighted by Crippen LogP contribution is 2.23. The van der Waals surface area contributed by atoms with Crippen molar-refractivity contribution in [1.29, 1.82) is 0 Å². The van der Waals surface area contributed by atoms with Gasteiger partial charge in [-0.1, -0.05) is 20.8 Å². The fraction of sp³-hybridized carbons (Fsp3) is 0.538. The maximum Gasteiger partial charge on any atom is 0.178 e. The number of halogens is 1. The molecule has 0 aliphatic rings. The van der Waals surface area contributed by atoms with Crippen LogP contribution in [0.1, 0.15) is 33.6 Å². The summed E-state index contributed by atoms with van der Waals surface area (Å²) in [6.07, 6.45) is 1.38. The normalized spacial score (nSPS) is 12.7. The molecule has 1 rings (SSSR count). The molecule has 0 saturated carbocycles. The van der Waals surface area contributed by atoms with Gasteiger partial charge < -0.3 is 5.73 Å². The molecule has 0 saturated heterocycles. The van der Waals surface area contributed by atoms with Crippen LogP contribution in [0, 0.1) is 11.2 Å². The minimum absolute atomic E-state index is 0.00288. The van der Waals surface area contributed by atoms with Gasteiger partial charge in [0.15, 0.2) is 9.84 Å². The lowest BCUT2D eigenvalue weighted by Gasteiger charge is -2.17. The summed E-state index contributed by atoms with van der Waals surface area (Å²) in [5, 5.41) is 0. The van der Waals surface area contributed by atoms with E-state index in [2.05, 4.69) is 20.8 Å². The Morgan fingerprint density at radius 1 is 1.28 bits per heavy atom. The van der Waals surface area contributed by atoms with Crippen molar-refractivity contribution in [2.24, 2.45) is 5.41 Å². The molecule has 0 heterocycles. The fourth-order valence-corrected chi connectivity index (χ4v) is 2.93. The van der Waals surface area contributed by atoms with Gasteiger partial charge in [0.05, 0.1) is 16.3 Å². The predicted molar refractivity (Wildman–Crippen MR) is 71.6 cm³/mol. The highest BCUT2D eigenvalue weighted by atomic mass is 32.2. The van der Waals surface area contributed by atoms with Gasteiger partial charge in [0, 0.05) is 0 Å². The smallest absolute Gasteiger partial charge is 0.178 e. The number of benzene rings is 1. The van der Waals surface area contributed by atoms with Crippen LogP contribution in [0.4, 0.5) is 10.1 Å². The standard InChI is InChI=1S/C13H20FNO2S/c1-13(2,3)7-4-8-18(16,17)10-5-6-12(15)11(14)9-10/h5-6,9H,4,7-8,15H2,1-3H3. The van der Waals surface area contributed by atoms with Crippen LogP contribution in [0.2, 0.25) is 0 Å². The molecule has 0 bridgehead atoms. The molecule has 3 nitrogen and oxygen atoms in total. The van der Waals surface area contributed by atoms with Gasteiger partial charge in [-0.05, 0) is 36.5 Å². The van der Waals surface area contributed by atoms with E-state index in [1.165, 1.54) is 12.1 Å². The molecule has 0 aliphatic heterocycles. The zero-order valence-corrected chi connectivity index (χ0v) is 11.8. The molecule has 18 heavy (non-hydrogen) atoms. The van der Waals surface area contributed by atoms with E-state index in [0.29, 0.717) is 6.42 Å². The van der Waals surface area contributed by atoms with Crippen LogP contribution in [0.25, 0.3) is 0 Å². The van der Waals surface area contributed by atoms with Crippen molar-refractivity contribution < 1.29 is 12.8 Å². The molecule has 0 aliphatic carbocycles. The SMILES string of the molecule is CC(C)(C)CCCS(=O)(=O)c1ccc(N)c(F)c1. The number of anilines is 1. The Morgan fingerprint density at radius 2 is 1.89 bits per heavy atom. The maximum atomic E-state index is 13.2. The van der Waals surface area contributed by atoms with Gasteiger partial charge >= 0.3 is 0 Å². The average molecular weight is 273 g/mol. The second kappa shape index (κ2) is 5.26. The third-order valence-electron chi connectivity index (χ3n) is 2.67. The minimum atomic E-state index is -3.42. The van der Waals surface area contributed by atoms with Crippen molar-refractivity contribution in [2.45, 2.75) is 38.5 Å². The monoisotopic (exact) mass is 273 g/mol. The molecule has 0 aromatic heterocycles. The van der Waals surface area contributed by atoms with E-state index in [1.54, 1.807) is 0 Å². The van der Waals surface area contributed by atoms with Crippen LogP contribution in [0.5, 0.6) is 0 Å². The molecule has 2 N–H and O–H groups in total. The van der Waals surface area contributed by atoms with Gasteiger partial charge in [0.2, 0.25) is 0 Å². The lowest BCUT2D eigenvalue weighted by Crippen LogP contribution is -2.12. The van der Waals surface area contributed by atoms with E-state index in [4.69, 9.17) is 5.73 Å². The van der Waals surface area contributed by atoms with E-state index in [0.717, 1.165) is 12.5 Å². The third kappa shape index (κ3) is 4.29. The highest BCUT2D eigenvalue weighted by molar-refractivity contribution is 7.91. The molecule has 1 aromatic carbocycles. The molecular weight excluding hydrogens is 253 g/mol. The van der Waals surface area contributed by atoms with Crippen LogP contribution >= 0.6 is 0 Å². The second-order valence-electron chi connectivity index (χ2n) is 5.67. The van der Waals surface area contributed by atoms with Gasteiger partial charge in [-0.3, -0.25) is 0 Å². The van der Waals surface area contributed by atoms with Gasteiger partial charge in [-0.25, -0.2) is 12.8 Å². The Balaban J connectivity index is 2.77. The van der Waals surface area contributed by atoms with E-state index < -0.39 is 15.7 Å². The van der Waals surface area contributed by atoms with Crippen LogP contribution in [0.3, 0.4) is 0 Å². The van der Waals surface area contributed by atoms with Crippen molar-refractivity contribution in [2.75, 3.05) is 11.5 Å². The largest absolute Gasteiger partial charge is 0.396 e. The van der Waals surface area contributed by atoms with Crippen molar-refractivity contribution in [3.05, 3.63) is 24.0 Å². The third-order valence-corrected chi connectivity index (χ3v) is 4.47. The lowest BCUT2D eigenvalue weighted by molar-refractivity contribution is 0.373. The summed E-state index contributed by atoms with van der Waals surface area (Å²) in [5.74, 6) is -0.653. The average Bonchev–Trinajstić information content (AvgIpc) is 2.19. The van der Waals surface area contributed by atoms with Gasteiger partial charge in [-0.2, -0.15) is 0 Å². The van der Waals surface area contributed by atoms with E-state index >= 15 is 0 Å². The summed E-state index contributed by atoms with van der Waals surface area (Å²) in [7, 11) is -3.42. The molecule has 0 fully saturated rings. The first-order chi connectivity index (χ1) is 8.12. The Hall–Kier alpha value is -1.10. The number of nitrogens with two attached hydrogens (primary N) is 1. The van der Waals surface area contributed by atoms with Crippen molar-refractivity contribution in [3.63, 3.8) is 0 Å². The van der Waals surface area contributed by atoms with Crippen molar-refractivity contribution in [1.82, 2.24) is 0 Å². The first-order valence-corrected chi connectivity index (χ1v) is 7.55. The van der Waals surface area contributed by atoms with Crippen LogP contribution in [0.15, 0.2) is 23.1 Å². The molecule has 0 unspecified atom stereocenters.